The standard InChI is InChI=1S/C27H26ClFN4O/c28-21-7-5-19(6-8-21)17-33-25-4-2-1-3-24(25)31-26(33)18-32-15-13-20(14-16-32)27(34)30-23-11-9-22(29)10-12-23/h1-12,20H,13-18H2,(H,30,34). The Labute approximate surface area is 203 Å². The molecule has 0 atom stereocenters. The lowest BCUT2D eigenvalue weighted by molar-refractivity contribution is -0.121. The number of hydrogen-bond donors (Lipinski definition) is 1. The van der Waals surface area contributed by atoms with Crippen LogP contribution in [0.1, 0.15) is 24.2 Å². The number of nitrogens with one attached hydrogen (secondary N) is 1. The number of para-hydroxylation sites is 2. The van der Waals surface area contributed by atoms with Gasteiger partial charge in [0.1, 0.15) is 11.6 Å². The quantitative estimate of drug-likeness (QED) is 0.386. The van der Waals surface area contributed by atoms with Crippen LogP contribution in [0.15, 0.2) is 72.8 Å². The van der Waals surface area contributed by atoms with E-state index in [9.17, 15) is 9.18 Å². The normalized spacial score (nSPS) is 15.0. The zero-order chi connectivity index (χ0) is 23.5. The number of amides is 1. The minimum atomic E-state index is -0.312. The van der Waals surface area contributed by atoms with E-state index in [1.165, 1.54) is 17.7 Å². The molecule has 0 unspecified atom stereocenters. The summed E-state index contributed by atoms with van der Waals surface area (Å²) in [6, 6.07) is 22.0. The number of benzene rings is 3. The van der Waals surface area contributed by atoms with E-state index in [0.29, 0.717) is 5.69 Å². The number of hydrogen-bond acceptors (Lipinski definition) is 3. The molecular weight excluding hydrogens is 451 g/mol. The molecule has 5 rings (SSSR count). The predicted octanol–water partition coefficient (Wildman–Crippen LogP) is 5.73. The number of fused-ring (bicyclic) bond motifs is 1. The van der Waals surface area contributed by atoms with E-state index in [-0.39, 0.29) is 17.6 Å². The molecule has 0 aliphatic carbocycles. The smallest absolute Gasteiger partial charge is 0.227 e. The first kappa shape index (κ1) is 22.6. The number of nitrogens with zero attached hydrogens (tertiary/aromatic N) is 3. The average Bonchev–Trinajstić information content (AvgIpc) is 3.19. The van der Waals surface area contributed by atoms with Gasteiger partial charge in [0, 0.05) is 23.2 Å². The molecule has 0 spiro atoms. The van der Waals surface area contributed by atoms with Crippen molar-refractivity contribution in [1.82, 2.24) is 14.5 Å². The number of anilines is 1. The van der Waals surface area contributed by atoms with Crippen molar-refractivity contribution in [3.05, 3.63) is 95.0 Å². The van der Waals surface area contributed by atoms with Gasteiger partial charge >= 0.3 is 0 Å². The molecule has 1 saturated heterocycles. The molecule has 7 heteroatoms. The fourth-order valence-electron chi connectivity index (χ4n) is 4.53. The summed E-state index contributed by atoms with van der Waals surface area (Å²) < 4.78 is 15.4. The molecule has 34 heavy (non-hydrogen) atoms. The van der Waals surface area contributed by atoms with Crippen LogP contribution in [0, 0.1) is 11.7 Å². The van der Waals surface area contributed by atoms with Gasteiger partial charge in [-0.05, 0) is 80.0 Å². The van der Waals surface area contributed by atoms with E-state index in [0.717, 1.165) is 60.9 Å². The molecular formula is C27H26ClFN4O. The molecule has 1 N–H and O–H groups in total. The summed E-state index contributed by atoms with van der Waals surface area (Å²) in [7, 11) is 0. The first-order chi connectivity index (χ1) is 16.5. The lowest BCUT2D eigenvalue weighted by Gasteiger charge is -2.31. The van der Waals surface area contributed by atoms with Crippen LogP contribution >= 0.6 is 11.6 Å². The summed E-state index contributed by atoms with van der Waals surface area (Å²) in [4.78, 5) is 20.0. The fourth-order valence-corrected chi connectivity index (χ4v) is 4.65. The highest BCUT2D eigenvalue weighted by Crippen LogP contribution is 2.24. The van der Waals surface area contributed by atoms with Crippen LogP contribution in [-0.2, 0) is 17.9 Å². The lowest BCUT2D eigenvalue weighted by atomic mass is 9.96. The zero-order valence-electron chi connectivity index (χ0n) is 18.8. The van der Waals surface area contributed by atoms with Crippen LogP contribution in [0.4, 0.5) is 10.1 Å². The SMILES string of the molecule is O=C(Nc1ccc(F)cc1)C1CCN(Cc2nc3ccccc3n2Cc2ccc(Cl)cc2)CC1. The molecule has 1 amide bonds. The topological polar surface area (TPSA) is 50.2 Å². The van der Waals surface area contributed by atoms with Crippen molar-refractivity contribution in [3.8, 4) is 0 Å². The van der Waals surface area contributed by atoms with Crippen molar-refractivity contribution >= 4 is 34.2 Å². The molecule has 3 aromatic carbocycles. The van der Waals surface area contributed by atoms with Gasteiger partial charge in [-0.3, -0.25) is 9.69 Å². The summed E-state index contributed by atoms with van der Waals surface area (Å²) in [5.41, 5.74) is 3.90. The Morgan fingerprint density at radius 1 is 0.971 bits per heavy atom. The summed E-state index contributed by atoms with van der Waals surface area (Å²) in [6.07, 6.45) is 1.56. The summed E-state index contributed by atoms with van der Waals surface area (Å²) in [6.45, 7) is 3.11. The maximum atomic E-state index is 13.1. The van der Waals surface area contributed by atoms with E-state index in [4.69, 9.17) is 16.6 Å². The number of carbonyl (C=O) groups excluding carboxylic acids is 1. The van der Waals surface area contributed by atoms with E-state index >= 15 is 0 Å². The molecule has 0 radical (unpaired) electrons. The van der Waals surface area contributed by atoms with Gasteiger partial charge in [0.05, 0.1) is 17.6 Å². The van der Waals surface area contributed by atoms with E-state index < -0.39 is 0 Å². The first-order valence-corrected chi connectivity index (χ1v) is 11.9. The van der Waals surface area contributed by atoms with Crippen LogP contribution in [0.3, 0.4) is 0 Å². The van der Waals surface area contributed by atoms with Gasteiger partial charge in [-0.15, -0.1) is 0 Å². The van der Waals surface area contributed by atoms with Gasteiger partial charge in [0.25, 0.3) is 0 Å². The number of aromatic nitrogens is 2. The molecule has 1 aliphatic heterocycles. The molecule has 1 aliphatic rings. The van der Waals surface area contributed by atoms with Crippen molar-refractivity contribution in [3.63, 3.8) is 0 Å². The molecule has 4 aromatic rings. The highest BCUT2D eigenvalue weighted by molar-refractivity contribution is 6.30. The van der Waals surface area contributed by atoms with Gasteiger partial charge in [-0.1, -0.05) is 35.9 Å². The molecule has 0 bridgehead atoms. The maximum absolute atomic E-state index is 13.1. The first-order valence-electron chi connectivity index (χ1n) is 11.5. The number of carbonyl (C=O) groups is 1. The van der Waals surface area contributed by atoms with Crippen molar-refractivity contribution in [2.24, 2.45) is 5.92 Å². The predicted molar refractivity (Wildman–Crippen MR) is 133 cm³/mol. The Hall–Kier alpha value is -3.22. The van der Waals surface area contributed by atoms with Crippen molar-refractivity contribution < 1.29 is 9.18 Å². The van der Waals surface area contributed by atoms with Gasteiger partial charge < -0.3 is 9.88 Å². The maximum Gasteiger partial charge on any atom is 0.227 e. The summed E-state index contributed by atoms with van der Waals surface area (Å²) in [5, 5.41) is 3.64. The Morgan fingerprint density at radius 2 is 1.68 bits per heavy atom. The summed E-state index contributed by atoms with van der Waals surface area (Å²) >= 11 is 6.06. The highest BCUT2D eigenvalue weighted by atomic mass is 35.5. The average molecular weight is 477 g/mol. The van der Waals surface area contributed by atoms with E-state index in [1.807, 2.05) is 42.5 Å². The van der Waals surface area contributed by atoms with Crippen molar-refractivity contribution in [2.75, 3.05) is 18.4 Å². The third-order valence-electron chi connectivity index (χ3n) is 6.42. The molecule has 174 valence electrons. The van der Waals surface area contributed by atoms with Gasteiger partial charge in [-0.25, -0.2) is 9.37 Å². The molecule has 1 aromatic heterocycles. The number of halogens is 2. The van der Waals surface area contributed by atoms with Gasteiger partial charge in [0.15, 0.2) is 0 Å². The molecule has 5 nitrogen and oxygen atoms in total. The number of piperidine rings is 1. The van der Waals surface area contributed by atoms with Crippen LogP contribution in [0.5, 0.6) is 0 Å². The second-order valence-electron chi connectivity index (χ2n) is 8.78. The van der Waals surface area contributed by atoms with Gasteiger partial charge in [0.2, 0.25) is 5.91 Å². The fraction of sp³-hybridized carbons (Fsp3) is 0.259. The molecule has 2 heterocycles. The summed E-state index contributed by atoms with van der Waals surface area (Å²) in [5.74, 6) is 0.661. The third-order valence-corrected chi connectivity index (χ3v) is 6.67. The van der Waals surface area contributed by atoms with Crippen molar-refractivity contribution in [2.45, 2.75) is 25.9 Å². The van der Waals surface area contributed by atoms with Crippen LogP contribution in [-0.4, -0.2) is 33.4 Å². The second kappa shape index (κ2) is 9.95. The monoisotopic (exact) mass is 476 g/mol. The molecule has 0 saturated carbocycles. The highest BCUT2D eigenvalue weighted by Gasteiger charge is 2.26. The Bertz CT molecular complexity index is 1280. The number of rotatable bonds is 6. The Kier molecular flexibility index (Phi) is 6.61. The third kappa shape index (κ3) is 5.13. The zero-order valence-corrected chi connectivity index (χ0v) is 19.5. The second-order valence-corrected chi connectivity index (χ2v) is 9.21. The van der Waals surface area contributed by atoms with E-state index in [2.05, 4.69) is 20.9 Å². The lowest BCUT2D eigenvalue weighted by Crippen LogP contribution is -2.38. The molecule has 1 fully saturated rings. The van der Waals surface area contributed by atoms with Crippen LogP contribution in [0.2, 0.25) is 5.02 Å². The largest absolute Gasteiger partial charge is 0.326 e. The van der Waals surface area contributed by atoms with E-state index in [1.54, 1.807) is 12.1 Å². The van der Waals surface area contributed by atoms with Crippen LogP contribution in [0.25, 0.3) is 11.0 Å². The van der Waals surface area contributed by atoms with Crippen LogP contribution < -0.4 is 5.32 Å². The van der Waals surface area contributed by atoms with Crippen molar-refractivity contribution in [1.29, 1.82) is 0 Å². The minimum absolute atomic E-state index is 0.00114. The Morgan fingerprint density at radius 3 is 2.41 bits per heavy atom. The minimum Gasteiger partial charge on any atom is -0.326 e. The number of likely N-dealkylation sites (tertiary alicyclic amines) is 1. The number of imidazole rings is 1. The van der Waals surface area contributed by atoms with Gasteiger partial charge in [-0.2, -0.15) is 0 Å². The Balaban J connectivity index is 1.25.